The van der Waals surface area contributed by atoms with E-state index in [1.165, 1.54) is 0 Å². The number of hydrogen-bond acceptors (Lipinski definition) is 1. The summed E-state index contributed by atoms with van der Waals surface area (Å²) >= 11 is 6.24. The first-order chi connectivity index (χ1) is 11.9. The molecule has 2 saturated carbocycles. The molecule has 2 bridgehead atoms. The van der Waals surface area contributed by atoms with Crippen molar-refractivity contribution in [3.63, 3.8) is 0 Å². The number of benzene rings is 1. The molecule has 0 radical (unpaired) electrons. The summed E-state index contributed by atoms with van der Waals surface area (Å²) in [5.74, 6) is -0.159. The van der Waals surface area contributed by atoms with Crippen LogP contribution in [-0.4, -0.2) is 29.4 Å². The average Bonchev–Trinajstić information content (AvgIpc) is 2.48. The zero-order chi connectivity index (χ0) is 17.7. The van der Waals surface area contributed by atoms with Crippen molar-refractivity contribution in [3.05, 3.63) is 28.8 Å². The Hall–Kier alpha value is -1.36. The fraction of sp³-hybridized carbons (Fsp3) is 0.632. The van der Waals surface area contributed by atoms with Crippen LogP contribution in [0.15, 0.2) is 18.2 Å². The molecule has 25 heavy (non-hydrogen) atoms. The largest absolute Gasteiger partial charge is 0.322 e. The molecule has 2 heterocycles. The number of carbonyl (C=O) groups excluding carboxylic acids is 1. The van der Waals surface area contributed by atoms with Gasteiger partial charge in [-0.3, -0.25) is 0 Å². The Morgan fingerprint density at radius 1 is 1.24 bits per heavy atom. The third kappa shape index (κ3) is 3.01. The summed E-state index contributed by atoms with van der Waals surface area (Å²) in [6.07, 6.45) is 2.16. The number of nitrogens with zero attached hydrogens (tertiary/aromatic N) is 1. The molecule has 0 aromatic heterocycles. The molecule has 6 heteroatoms. The van der Waals surface area contributed by atoms with Crippen LogP contribution in [0.25, 0.3) is 0 Å². The highest BCUT2D eigenvalue weighted by Crippen LogP contribution is 2.48. The minimum atomic E-state index is -2.32. The van der Waals surface area contributed by atoms with E-state index in [2.05, 4.69) is 12.2 Å². The number of rotatable bonds is 3. The lowest BCUT2D eigenvalue weighted by Crippen LogP contribution is -2.63. The van der Waals surface area contributed by atoms with Crippen LogP contribution in [0.2, 0.25) is 5.02 Å². The van der Waals surface area contributed by atoms with Gasteiger partial charge in [-0.05, 0) is 67.7 Å². The first-order valence-electron chi connectivity index (χ1n) is 9.11. The van der Waals surface area contributed by atoms with Crippen LogP contribution in [-0.2, 0) is 0 Å². The summed E-state index contributed by atoms with van der Waals surface area (Å²) in [6.45, 7) is 2.23. The van der Waals surface area contributed by atoms with Crippen LogP contribution in [0.1, 0.15) is 50.5 Å². The van der Waals surface area contributed by atoms with E-state index in [-0.39, 0.29) is 11.9 Å². The van der Waals surface area contributed by atoms with E-state index in [0.29, 0.717) is 35.1 Å². The van der Waals surface area contributed by atoms with E-state index in [4.69, 9.17) is 11.6 Å². The zero-order valence-corrected chi connectivity index (χ0v) is 15.0. The van der Waals surface area contributed by atoms with Gasteiger partial charge in [0.2, 0.25) is 6.43 Å². The Bertz CT molecular complexity index is 671. The summed E-state index contributed by atoms with van der Waals surface area (Å²) in [7, 11) is 0. The summed E-state index contributed by atoms with van der Waals surface area (Å²) in [5.41, 5.74) is 1.37. The monoisotopic (exact) mass is 368 g/mol. The molecule has 5 rings (SSSR count). The first-order valence-corrected chi connectivity index (χ1v) is 9.48. The van der Waals surface area contributed by atoms with E-state index in [0.717, 1.165) is 31.2 Å². The van der Waals surface area contributed by atoms with Gasteiger partial charge >= 0.3 is 6.03 Å². The highest BCUT2D eigenvalue weighted by atomic mass is 35.5. The zero-order valence-electron chi connectivity index (χ0n) is 14.2. The normalized spacial score (nSPS) is 33.6. The molecule has 2 saturated heterocycles. The maximum atomic E-state index is 13.1. The van der Waals surface area contributed by atoms with Crippen molar-refractivity contribution in [1.29, 1.82) is 0 Å². The molecule has 0 spiro atoms. The highest BCUT2D eigenvalue weighted by molar-refractivity contribution is 6.31. The second kappa shape index (κ2) is 6.42. The van der Waals surface area contributed by atoms with Crippen molar-refractivity contribution in [2.45, 2.75) is 63.5 Å². The smallest absolute Gasteiger partial charge is 0.318 e. The molecule has 1 N–H and O–H groups in total. The van der Waals surface area contributed by atoms with E-state index in [1.807, 2.05) is 4.90 Å². The Morgan fingerprint density at radius 3 is 2.56 bits per heavy atom. The standard InChI is InChI=1S/C19H23ClF2N2O/c1-10-6-12-9-13(7-10)24(12)19(25)23-11-2-5-17(20)16(8-11)14-3-4-15(14)18(21)22/h2,5,8,10,12-15,18H,3-4,6-7,9H2,1H3,(H,23,25)/t10?,12?,13?,14-,15-/m1/s1. The molecule has 2 aliphatic heterocycles. The molecule has 2 amide bonds. The Balaban J connectivity index is 1.47. The Kier molecular flexibility index (Phi) is 4.38. The molecule has 1 aromatic carbocycles. The van der Waals surface area contributed by atoms with Gasteiger partial charge in [-0.1, -0.05) is 18.5 Å². The average molecular weight is 369 g/mol. The minimum Gasteiger partial charge on any atom is -0.318 e. The fourth-order valence-corrected chi connectivity index (χ4v) is 5.04. The SMILES string of the molecule is CC1CC2CC(C1)N2C(=O)Nc1ccc(Cl)c([C@@H]2CC[C@H]2C(F)F)c1. The summed E-state index contributed by atoms with van der Waals surface area (Å²) in [6, 6.07) is 5.83. The fourth-order valence-electron chi connectivity index (χ4n) is 4.78. The number of urea groups is 1. The summed E-state index contributed by atoms with van der Waals surface area (Å²) in [4.78, 5) is 14.5. The van der Waals surface area contributed by atoms with E-state index < -0.39 is 12.3 Å². The number of anilines is 1. The van der Waals surface area contributed by atoms with Crippen molar-refractivity contribution in [2.75, 3.05) is 5.32 Å². The predicted octanol–water partition coefficient (Wildman–Crippen LogP) is 5.50. The van der Waals surface area contributed by atoms with Gasteiger partial charge in [0.15, 0.2) is 0 Å². The van der Waals surface area contributed by atoms with Gasteiger partial charge < -0.3 is 10.2 Å². The molecule has 2 aliphatic carbocycles. The number of piperidine rings is 1. The number of amides is 2. The van der Waals surface area contributed by atoms with E-state index in [1.54, 1.807) is 18.2 Å². The number of alkyl halides is 2. The maximum absolute atomic E-state index is 13.1. The molecule has 1 aromatic rings. The predicted molar refractivity (Wildman–Crippen MR) is 94.4 cm³/mol. The Morgan fingerprint density at radius 2 is 1.96 bits per heavy atom. The van der Waals surface area contributed by atoms with E-state index in [9.17, 15) is 13.6 Å². The van der Waals surface area contributed by atoms with Crippen molar-refractivity contribution in [2.24, 2.45) is 11.8 Å². The lowest BCUT2D eigenvalue weighted by atomic mass is 9.70. The molecular weight excluding hydrogens is 346 g/mol. The third-order valence-electron chi connectivity index (χ3n) is 6.21. The highest BCUT2D eigenvalue weighted by Gasteiger charge is 2.46. The van der Waals surface area contributed by atoms with E-state index >= 15 is 0 Å². The number of fused-ring (bicyclic) bond motifs is 2. The second-order valence-electron chi connectivity index (χ2n) is 7.88. The van der Waals surface area contributed by atoms with Crippen molar-refractivity contribution in [1.82, 2.24) is 4.90 Å². The van der Waals surface area contributed by atoms with Gasteiger partial charge in [0, 0.05) is 28.7 Å². The molecule has 4 aliphatic rings. The maximum Gasteiger partial charge on any atom is 0.322 e. The molecule has 4 fully saturated rings. The molecule has 2 unspecified atom stereocenters. The van der Waals surface area contributed by atoms with Gasteiger partial charge in [0.05, 0.1) is 0 Å². The number of halogens is 3. The van der Waals surface area contributed by atoms with Crippen LogP contribution in [0, 0.1) is 11.8 Å². The Labute approximate surface area is 151 Å². The quantitative estimate of drug-likeness (QED) is 0.750. The van der Waals surface area contributed by atoms with Crippen molar-refractivity contribution >= 4 is 23.3 Å². The van der Waals surface area contributed by atoms with Crippen LogP contribution >= 0.6 is 11.6 Å². The van der Waals surface area contributed by atoms with Gasteiger partial charge in [0.1, 0.15) is 0 Å². The number of nitrogens with one attached hydrogen (secondary N) is 1. The van der Waals surface area contributed by atoms with Gasteiger partial charge in [-0.15, -0.1) is 0 Å². The molecule has 3 nitrogen and oxygen atoms in total. The first kappa shape index (κ1) is 17.1. The lowest BCUT2D eigenvalue weighted by molar-refractivity contribution is -0.00602. The van der Waals surface area contributed by atoms with Crippen molar-refractivity contribution in [3.8, 4) is 0 Å². The topological polar surface area (TPSA) is 32.3 Å². The van der Waals surface area contributed by atoms with Crippen LogP contribution in [0.4, 0.5) is 19.3 Å². The molecule has 136 valence electrons. The van der Waals surface area contributed by atoms with Crippen LogP contribution < -0.4 is 5.32 Å². The van der Waals surface area contributed by atoms with Gasteiger partial charge in [-0.2, -0.15) is 0 Å². The summed E-state index contributed by atoms with van der Waals surface area (Å²) < 4.78 is 26.1. The number of carbonyl (C=O) groups is 1. The molecule has 4 atom stereocenters. The third-order valence-corrected chi connectivity index (χ3v) is 6.56. The molecular formula is C19H23ClF2N2O. The van der Waals surface area contributed by atoms with Crippen molar-refractivity contribution < 1.29 is 13.6 Å². The van der Waals surface area contributed by atoms with Gasteiger partial charge in [-0.25, -0.2) is 13.6 Å². The van der Waals surface area contributed by atoms with Gasteiger partial charge in [0.25, 0.3) is 0 Å². The minimum absolute atomic E-state index is 0.0829. The lowest BCUT2D eigenvalue weighted by Gasteiger charge is -2.54. The van der Waals surface area contributed by atoms with Crippen LogP contribution in [0.3, 0.4) is 0 Å². The summed E-state index contributed by atoms with van der Waals surface area (Å²) in [5, 5.41) is 3.45. The van der Waals surface area contributed by atoms with Crippen LogP contribution in [0.5, 0.6) is 0 Å². The second-order valence-corrected chi connectivity index (χ2v) is 8.28. The number of hydrogen-bond donors (Lipinski definition) is 1.